The normalized spacial score (nSPS) is 15.2. The maximum Gasteiger partial charge on any atom is 0.193 e. The first-order valence-corrected chi connectivity index (χ1v) is 9.90. The Kier molecular flexibility index (Phi) is 5.55. The number of rotatable bonds is 4. The van der Waals surface area contributed by atoms with Gasteiger partial charge in [0, 0.05) is 56.9 Å². The van der Waals surface area contributed by atoms with Gasteiger partial charge in [-0.25, -0.2) is 4.39 Å². The number of aromatic nitrogens is 1. The number of nitrogens with zero attached hydrogens (tertiary/aromatic N) is 3. The van der Waals surface area contributed by atoms with E-state index in [1.54, 1.807) is 25.2 Å². The van der Waals surface area contributed by atoms with Gasteiger partial charge in [0.05, 0.1) is 5.69 Å². The molecule has 3 N–H and O–H groups in total. The fourth-order valence-corrected chi connectivity index (χ4v) is 3.89. The first kappa shape index (κ1) is 19.1. The number of guanidine groups is 1. The zero-order valence-electron chi connectivity index (χ0n) is 16.5. The molecule has 0 unspecified atom stereocenters. The second-order valence-corrected chi connectivity index (χ2v) is 7.19. The van der Waals surface area contributed by atoms with Crippen LogP contribution < -0.4 is 10.2 Å². The summed E-state index contributed by atoms with van der Waals surface area (Å²) < 4.78 is 13.5. The first-order valence-electron chi connectivity index (χ1n) is 9.90. The molecule has 0 aliphatic carbocycles. The molecule has 2 aromatic carbocycles. The van der Waals surface area contributed by atoms with Crippen molar-refractivity contribution in [3.05, 3.63) is 60.0 Å². The zero-order valence-corrected chi connectivity index (χ0v) is 16.5. The fourth-order valence-electron chi connectivity index (χ4n) is 3.89. The van der Waals surface area contributed by atoms with E-state index >= 15 is 0 Å². The van der Waals surface area contributed by atoms with E-state index in [4.69, 9.17) is 0 Å². The van der Waals surface area contributed by atoms with Crippen molar-refractivity contribution in [3.63, 3.8) is 0 Å². The topological polar surface area (TPSA) is 66.9 Å². The van der Waals surface area contributed by atoms with E-state index in [2.05, 4.69) is 25.1 Å². The van der Waals surface area contributed by atoms with Crippen molar-refractivity contribution in [3.8, 4) is 5.75 Å². The molecule has 3 aromatic rings. The summed E-state index contributed by atoms with van der Waals surface area (Å²) in [7, 11) is 1.79. The van der Waals surface area contributed by atoms with Crippen molar-refractivity contribution in [2.45, 2.75) is 6.42 Å². The Bertz CT molecular complexity index is 1010. The molecule has 0 saturated carbocycles. The smallest absolute Gasteiger partial charge is 0.193 e. The SMILES string of the molecule is CN=C(NCCc1c[nH]c2ccc(F)cc12)N1CCN(c2ccccc2O)CC1. The van der Waals surface area contributed by atoms with Crippen LogP contribution in [0, 0.1) is 5.82 Å². The largest absolute Gasteiger partial charge is 0.506 e. The monoisotopic (exact) mass is 395 g/mol. The highest BCUT2D eigenvalue weighted by molar-refractivity contribution is 5.83. The maximum absolute atomic E-state index is 13.5. The van der Waals surface area contributed by atoms with Crippen LogP contribution in [0.1, 0.15) is 5.56 Å². The number of hydrogen-bond donors (Lipinski definition) is 3. The van der Waals surface area contributed by atoms with Crippen molar-refractivity contribution in [2.75, 3.05) is 44.7 Å². The average Bonchev–Trinajstić information content (AvgIpc) is 3.14. The number of aliphatic imine (C=N–C) groups is 1. The quantitative estimate of drug-likeness (QED) is 0.469. The fraction of sp³-hybridized carbons (Fsp3) is 0.318. The van der Waals surface area contributed by atoms with Crippen LogP contribution in [0.25, 0.3) is 10.9 Å². The molecule has 6 nitrogen and oxygen atoms in total. The van der Waals surface area contributed by atoms with E-state index in [-0.39, 0.29) is 5.82 Å². The number of nitrogens with one attached hydrogen (secondary N) is 2. The minimum Gasteiger partial charge on any atom is -0.506 e. The number of H-pyrrole nitrogens is 1. The third-order valence-electron chi connectivity index (χ3n) is 5.42. The van der Waals surface area contributed by atoms with Gasteiger partial charge in [0.15, 0.2) is 5.96 Å². The third-order valence-corrected chi connectivity index (χ3v) is 5.42. The van der Waals surface area contributed by atoms with Gasteiger partial charge in [0.25, 0.3) is 0 Å². The second kappa shape index (κ2) is 8.43. The standard InChI is InChI=1S/C22H26FN5O/c1-24-22(25-9-8-16-15-26-19-7-6-17(23)14-18(16)19)28-12-10-27(11-13-28)20-4-2-3-5-21(20)29/h2-7,14-15,26,29H,8-13H2,1H3,(H,24,25). The van der Waals surface area contributed by atoms with E-state index < -0.39 is 0 Å². The number of hydrogen-bond acceptors (Lipinski definition) is 3. The molecule has 1 aliphatic heterocycles. The van der Waals surface area contributed by atoms with Crippen LogP contribution in [-0.2, 0) is 6.42 Å². The van der Waals surface area contributed by atoms with Gasteiger partial charge in [0.2, 0.25) is 0 Å². The van der Waals surface area contributed by atoms with E-state index in [9.17, 15) is 9.50 Å². The molecule has 0 amide bonds. The minimum atomic E-state index is -0.218. The van der Waals surface area contributed by atoms with Crippen LogP contribution >= 0.6 is 0 Å². The summed E-state index contributed by atoms with van der Waals surface area (Å²) in [5.41, 5.74) is 2.92. The highest BCUT2D eigenvalue weighted by Crippen LogP contribution is 2.27. The predicted octanol–water partition coefficient (Wildman–Crippen LogP) is 2.95. The zero-order chi connectivity index (χ0) is 20.2. The van der Waals surface area contributed by atoms with Crippen molar-refractivity contribution < 1.29 is 9.50 Å². The number of anilines is 1. The Morgan fingerprint density at radius 1 is 1.17 bits per heavy atom. The lowest BCUT2D eigenvalue weighted by atomic mass is 10.1. The Morgan fingerprint density at radius 2 is 1.97 bits per heavy atom. The molecule has 1 aromatic heterocycles. The van der Waals surface area contributed by atoms with E-state index in [0.29, 0.717) is 5.75 Å². The number of aromatic hydroxyl groups is 1. The third kappa shape index (κ3) is 4.13. The molecule has 0 bridgehead atoms. The van der Waals surface area contributed by atoms with Crippen LogP contribution in [0.15, 0.2) is 53.7 Å². The van der Waals surface area contributed by atoms with Crippen LogP contribution in [-0.4, -0.2) is 60.7 Å². The van der Waals surface area contributed by atoms with Gasteiger partial charge in [-0.3, -0.25) is 4.99 Å². The molecule has 0 spiro atoms. The summed E-state index contributed by atoms with van der Waals surface area (Å²) in [5.74, 6) is 0.969. The van der Waals surface area contributed by atoms with Gasteiger partial charge in [-0.15, -0.1) is 0 Å². The number of fused-ring (bicyclic) bond motifs is 1. The van der Waals surface area contributed by atoms with Crippen LogP contribution in [0.5, 0.6) is 5.75 Å². The maximum atomic E-state index is 13.5. The van der Waals surface area contributed by atoms with Gasteiger partial charge in [-0.2, -0.15) is 0 Å². The molecule has 0 radical (unpaired) electrons. The van der Waals surface area contributed by atoms with Crippen LogP contribution in [0.3, 0.4) is 0 Å². The molecular weight excluding hydrogens is 369 g/mol. The van der Waals surface area contributed by atoms with Crippen LogP contribution in [0.2, 0.25) is 0 Å². The van der Waals surface area contributed by atoms with Gasteiger partial charge in [-0.05, 0) is 42.3 Å². The van der Waals surface area contributed by atoms with E-state index in [1.807, 2.05) is 24.4 Å². The Balaban J connectivity index is 1.32. The van der Waals surface area contributed by atoms with E-state index in [0.717, 1.165) is 67.3 Å². The number of benzene rings is 2. The van der Waals surface area contributed by atoms with Gasteiger partial charge < -0.3 is 25.2 Å². The van der Waals surface area contributed by atoms with Crippen molar-refractivity contribution in [1.29, 1.82) is 0 Å². The first-order chi connectivity index (χ1) is 14.2. The Hall–Kier alpha value is -3.22. The summed E-state index contributed by atoms with van der Waals surface area (Å²) in [5, 5.41) is 14.4. The number of halogens is 1. The highest BCUT2D eigenvalue weighted by Gasteiger charge is 2.21. The van der Waals surface area contributed by atoms with Crippen LogP contribution in [0.4, 0.5) is 10.1 Å². The molecule has 0 atom stereocenters. The minimum absolute atomic E-state index is 0.218. The molecule has 152 valence electrons. The Morgan fingerprint density at radius 3 is 2.72 bits per heavy atom. The van der Waals surface area contributed by atoms with Crippen molar-refractivity contribution in [2.24, 2.45) is 4.99 Å². The Labute approximate surface area is 169 Å². The summed E-state index contributed by atoms with van der Waals surface area (Å²) >= 11 is 0. The van der Waals surface area contributed by atoms with Crippen molar-refractivity contribution in [1.82, 2.24) is 15.2 Å². The second-order valence-electron chi connectivity index (χ2n) is 7.19. The number of phenols is 1. The number of phenolic OH excluding ortho intramolecular Hbond substituents is 1. The molecule has 2 heterocycles. The molecular formula is C22H26FN5O. The molecule has 1 aliphatic rings. The molecule has 1 fully saturated rings. The van der Waals surface area contributed by atoms with Crippen molar-refractivity contribution >= 4 is 22.5 Å². The number of piperazine rings is 1. The summed E-state index contributed by atoms with van der Waals surface area (Å²) in [6.07, 6.45) is 2.72. The van der Waals surface area contributed by atoms with E-state index in [1.165, 1.54) is 6.07 Å². The number of para-hydroxylation sites is 2. The summed E-state index contributed by atoms with van der Waals surface area (Å²) in [4.78, 5) is 12.0. The van der Waals surface area contributed by atoms with Gasteiger partial charge >= 0.3 is 0 Å². The average molecular weight is 395 g/mol. The molecule has 7 heteroatoms. The molecule has 29 heavy (non-hydrogen) atoms. The lowest BCUT2D eigenvalue weighted by molar-refractivity contribution is 0.370. The van der Waals surface area contributed by atoms with Gasteiger partial charge in [-0.1, -0.05) is 12.1 Å². The molecule has 1 saturated heterocycles. The number of aromatic amines is 1. The summed E-state index contributed by atoms with van der Waals surface area (Å²) in [6.45, 7) is 4.01. The predicted molar refractivity (Wildman–Crippen MR) is 115 cm³/mol. The summed E-state index contributed by atoms with van der Waals surface area (Å²) in [6, 6.07) is 12.3. The molecule has 4 rings (SSSR count). The van der Waals surface area contributed by atoms with Gasteiger partial charge in [0.1, 0.15) is 11.6 Å². The lowest BCUT2D eigenvalue weighted by Gasteiger charge is -2.37. The highest BCUT2D eigenvalue weighted by atomic mass is 19.1. The lowest BCUT2D eigenvalue weighted by Crippen LogP contribution is -2.52.